The van der Waals surface area contributed by atoms with Crippen molar-refractivity contribution in [2.45, 2.75) is 76.9 Å². The molecular formula is C38H38ClN3O4. The van der Waals surface area contributed by atoms with Crippen LogP contribution in [0.3, 0.4) is 0 Å². The number of ether oxygens (including phenoxy) is 1. The summed E-state index contributed by atoms with van der Waals surface area (Å²) in [6.45, 7) is 13.0. The zero-order chi connectivity index (χ0) is 32.6. The lowest BCUT2D eigenvalue weighted by atomic mass is 9.66. The SMILES string of the molecule is CC(C)(C)c1cc(C(C)(C)C)c2oc(-c3cc(Cl)cc4c3O[C@@]3(C(=O)Nc5ccccn5)[C@@H](Cc5ccccc5[C@@H]3O)C4)nc2c1. The van der Waals surface area contributed by atoms with Crippen LogP contribution in [0.4, 0.5) is 5.82 Å². The largest absolute Gasteiger partial charge is 0.473 e. The van der Waals surface area contributed by atoms with Gasteiger partial charge in [-0.15, -0.1) is 0 Å². The topological polar surface area (TPSA) is 97.5 Å². The Morgan fingerprint density at radius 2 is 1.70 bits per heavy atom. The predicted octanol–water partition coefficient (Wildman–Crippen LogP) is 8.36. The van der Waals surface area contributed by atoms with Gasteiger partial charge in [0.05, 0.1) is 5.56 Å². The van der Waals surface area contributed by atoms with E-state index >= 15 is 0 Å². The molecule has 3 aromatic carbocycles. The van der Waals surface area contributed by atoms with Crippen molar-refractivity contribution < 1.29 is 19.1 Å². The van der Waals surface area contributed by atoms with Crippen LogP contribution in [0.15, 0.2) is 77.3 Å². The summed E-state index contributed by atoms with van der Waals surface area (Å²) in [4.78, 5) is 23.7. The minimum absolute atomic E-state index is 0.0958. The zero-order valence-corrected chi connectivity index (χ0v) is 27.7. The Balaban J connectivity index is 1.41. The van der Waals surface area contributed by atoms with E-state index < -0.39 is 17.6 Å². The van der Waals surface area contributed by atoms with E-state index in [4.69, 9.17) is 25.7 Å². The van der Waals surface area contributed by atoms with Crippen LogP contribution < -0.4 is 10.1 Å². The van der Waals surface area contributed by atoms with Gasteiger partial charge in [0.1, 0.15) is 23.2 Å². The first-order chi connectivity index (χ1) is 21.8. The number of hydrogen-bond donors (Lipinski definition) is 2. The number of oxazole rings is 1. The number of benzene rings is 3. The molecule has 5 aromatic rings. The Labute approximate surface area is 274 Å². The van der Waals surface area contributed by atoms with Crippen molar-refractivity contribution in [2.75, 3.05) is 5.32 Å². The summed E-state index contributed by atoms with van der Waals surface area (Å²) >= 11 is 6.75. The van der Waals surface area contributed by atoms with Crippen molar-refractivity contribution in [1.29, 1.82) is 0 Å². The van der Waals surface area contributed by atoms with Gasteiger partial charge < -0.3 is 19.6 Å². The quantitative estimate of drug-likeness (QED) is 0.207. The number of aromatic nitrogens is 2. The Bertz CT molecular complexity index is 1990. The number of fused-ring (bicyclic) bond motifs is 4. The number of amides is 1. The second-order valence-electron chi connectivity index (χ2n) is 14.6. The van der Waals surface area contributed by atoms with Gasteiger partial charge in [0.25, 0.3) is 5.91 Å². The zero-order valence-electron chi connectivity index (χ0n) is 26.9. The molecule has 0 saturated heterocycles. The average molecular weight is 636 g/mol. The van der Waals surface area contributed by atoms with E-state index in [2.05, 4.69) is 64.0 Å². The molecule has 236 valence electrons. The molecule has 1 aliphatic carbocycles. The van der Waals surface area contributed by atoms with Crippen LogP contribution in [-0.4, -0.2) is 26.6 Å². The van der Waals surface area contributed by atoms with Crippen molar-refractivity contribution in [2.24, 2.45) is 5.92 Å². The maximum absolute atomic E-state index is 14.4. The van der Waals surface area contributed by atoms with Crippen LogP contribution in [0.1, 0.15) is 75.5 Å². The van der Waals surface area contributed by atoms with Gasteiger partial charge in [-0.3, -0.25) is 4.79 Å². The Hall–Kier alpha value is -4.20. The smallest absolute Gasteiger partial charge is 0.273 e. The first kappa shape index (κ1) is 30.5. The van der Waals surface area contributed by atoms with E-state index in [0.29, 0.717) is 52.0 Å². The molecule has 2 aromatic heterocycles. The first-order valence-electron chi connectivity index (χ1n) is 15.7. The second-order valence-corrected chi connectivity index (χ2v) is 15.0. The van der Waals surface area contributed by atoms with Gasteiger partial charge in [0.2, 0.25) is 11.5 Å². The van der Waals surface area contributed by atoms with Gasteiger partial charge in [-0.2, -0.15) is 0 Å². The van der Waals surface area contributed by atoms with Gasteiger partial charge in [-0.25, -0.2) is 9.97 Å². The van der Waals surface area contributed by atoms with Crippen LogP contribution in [0.25, 0.3) is 22.6 Å². The molecule has 8 heteroatoms. The number of rotatable bonds is 3. The fourth-order valence-electron chi connectivity index (χ4n) is 6.88. The number of aliphatic hydroxyl groups is 1. The maximum Gasteiger partial charge on any atom is 0.273 e. The molecule has 1 aliphatic heterocycles. The summed E-state index contributed by atoms with van der Waals surface area (Å²) in [6, 6.07) is 20.9. The number of carbonyl (C=O) groups excluding carboxylic acids is 1. The van der Waals surface area contributed by atoms with E-state index in [0.717, 1.165) is 27.8 Å². The number of pyridine rings is 1. The monoisotopic (exact) mass is 635 g/mol. The third-order valence-electron chi connectivity index (χ3n) is 9.35. The fraction of sp³-hybridized carbons (Fsp3) is 0.342. The Morgan fingerprint density at radius 1 is 0.957 bits per heavy atom. The highest BCUT2D eigenvalue weighted by molar-refractivity contribution is 6.31. The van der Waals surface area contributed by atoms with Crippen molar-refractivity contribution >= 4 is 34.4 Å². The summed E-state index contributed by atoms with van der Waals surface area (Å²) in [5.41, 5.74) is 4.71. The molecule has 0 bridgehead atoms. The molecular weight excluding hydrogens is 598 g/mol. The van der Waals surface area contributed by atoms with E-state index in [-0.39, 0.29) is 16.7 Å². The molecule has 0 fully saturated rings. The molecule has 2 aliphatic rings. The van der Waals surface area contributed by atoms with E-state index in [1.807, 2.05) is 30.3 Å². The number of nitrogens with zero attached hydrogens (tertiary/aromatic N) is 2. The average Bonchev–Trinajstić information content (AvgIpc) is 3.43. The van der Waals surface area contributed by atoms with Gasteiger partial charge in [-0.05, 0) is 76.3 Å². The van der Waals surface area contributed by atoms with Gasteiger partial charge >= 0.3 is 0 Å². The molecule has 0 radical (unpaired) electrons. The molecule has 0 saturated carbocycles. The number of nitrogens with one attached hydrogen (secondary N) is 1. The molecule has 46 heavy (non-hydrogen) atoms. The summed E-state index contributed by atoms with van der Waals surface area (Å²) in [5, 5.41) is 15.5. The molecule has 1 amide bonds. The number of halogens is 1. The maximum atomic E-state index is 14.4. The highest BCUT2D eigenvalue weighted by Gasteiger charge is 2.59. The predicted molar refractivity (Wildman–Crippen MR) is 180 cm³/mol. The third kappa shape index (κ3) is 4.97. The summed E-state index contributed by atoms with van der Waals surface area (Å²) in [5.74, 6) is 0.295. The van der Waals surface area contributed by atoms with Crippen LogP contribution in [0, 0.1) is 5.92 Å². The van der Waals surface area contributed by atoms with Crippen molar-refractivity contribution in [3.63, 3.8) is 0 Å². The highest BCUT2D eigenvalue weighted by Crippen LogP contribution is 2.53. The molecule has 3 atom stereocenters. The molecule has 7 rings (SSSR count). The Morgan fingerprint density at radius 3 is 2.41 bits per heavy atom. The summed E-state index contributed by atoms with van der Waals surface area (Å²) < 4.78 is 13.5. The second kappa shape index (κ2) is 10.7. The van der Waals surface area contributed by atoms with Crippen molar-refractivity contribution in [3.8, 4) is 17.2 Å². The van der Waals surface area contributed by atoms with Crippen LogP contribution in [0.2, 0.25) is 5.02 Å². The van der Waals surface area contributed by atoms with Gasteiger partial charge in [-0.1, -0.05) is 89.5 Å². The standard InChI is InChI=1S/C38H38ClN3O4/c1-36(2,3)23-18-28(37(4,5)6)32-29(19-23)41-34(45-32)27-20-25(39)17-22-16-24-15-21-11-7-8-12-26(21)33(43)38(24,46-31(22)27)35(44)42-30-13-9-10-14-40-30/h7-14,17-20,24,33,43H,15-16H2,1-6H3,(H,40,42,44)/t24-,33-,38-/m0/s1. The van der Waals surface area contributed by atoms with Crippen LogP contribution >= 0.6 is 11.6 Å². The van der Waals surface area contributed by atoms with E-state index in [1.165, 1.54) is 0 Å². The normalized spacial score (nSPS) is 20.8. The molecule has 0 spiro atoms. The van der Waals surface area contributed by atoms with Gasteiger partial charge in [0, 0.05) is 22.7 Å². The lowest BCUT2D eigenvalue weighted by molar-refractivity contribution is -0.157. The summed E-state index contributed by atoms with van der Waals surface area (Å²) in [6.07, 6.45) is 1.36. The Kier molecular flexibility index (Phi) is 7.07. The number of carbonyl (C=O) groups is 1. The number of anilines is 1. The fourth-order valence-corrected chi connectivity index (χ4v) is 7.12. The van der Waals surface area contributed by atoms with E-state index in [1.54, 1.807) is 30.5 Å². The van der Waals surface area contributed by atoms with Crippen LogP contribution in [-0.2, 0) is 28.5 Å². The van der Waals surface area contributed by atoms with Crippen molar-refractivity contribution in [3.05, 3.63) is 106 Å². The third-order valence-corrected chi connectivity index (χ3v) is 9.57. The summed E-state index contributed by atoms with van der Waals surface area (Å²) in [7, 11) is 0. The molecule has 7 nitrogen and oxygen atoms in total. The number of hydrogen-bond acceptors (Lipinski definition) is 6. The minimum atomic E-state index is -1.65. The highest BCUT2D eigenvalue weighted by atomic mass is 35.5. The van der Waals surface area contributed by atoms with Gasteiger partial charge in [0.15, 0.2) is 5.58 Å². The molecule has 3 heterocycles. The minimum Gasteiger partial charge on any atom is -0.473 e. The molecule has 2 N–H and O–H groups in total. The lowest BCUT2D eigenvalue weighted by Gasteiger charge is -2.49. The lowest BCUT2D eigenvalue weighted by Crippen LogP contribution is -2.62. The first-order valence-corrected chi connectivity index (χ1v) is 16.1. The van der Waals surface area contributed by atoms with Crippen molar-refractivity contribution in [1.82, 2.24) is 9.97 Å². The number of aliphatic hydroxyl groups excluding tert-OH is 1. The van der Waals surface area contributed by atoms with E-state index in [9.17, 15) is 9.90 Å². The molecule has 0 unspecified atom stereocenters. The van der Waals surface area contributed by atoms with Crippen LogP contribution in [0.5, 0.6) is 5.75 Å².